The van der Waals surface area contributed by atoms with Gasteiger partial charge in [-0.15, -0.1) is 23.1 Å². The molecule has 258 valence electrons. The van der Waals surface area contributed by atoms with Crippen molar-refractivity contribution in [2.45, 2.75) is 23.5 Å². The smallest absolute Gasteiger partial charge is 0.311 e. The van der Waals surface area contributed by atoms with E-state index in [0.717, 1.165) is 5.56 Å². The second-order valence-corrected chi connectivity index (χ2v) is 12.8. The summed E-state index contributed by atoms with van der Waals surface area (Å²) in [6.45, 7) is 1.99. The third kappa shape index (κ3) is 10.4. The normalized spacial score (nSPS) is 11.6. The summed E-state index contributed by atoms with van der Waals surface area (Å²) in [5, 5.41) is 20.8. The number of carbonyl (C=O) groups is 4. The molecule has 0 bridgehead atoms. The Morgan fingerprint density at radius 1 is 0.922 bits per heavy atom. The van der Waals surface area contributed by atoms with E-state index < -0.39 is 28.0 Å². The van der Waals surface area contributed by atoms with Crippen molar-refractivity contribution >= 4 is 69.4 Å². The van der Waals surface area contributed by atoms with Crippen LogP contribution >= 0.6 is 23.1 Å². The van der Waals surface area contributed by atoms with Gasteiger partial charge in [-0.05, 0) is 66.6 Å². The fourth-order valence-corrected chi connectivity index (χ4v) is 6.46. The minimum Gasteiger partial charge on any atom is -0.466 e. The first-order chi connectivity index (χ1) is 24.7. The Morgan fingerprint density at radius 3 is 2.31 bits per heavy atom. The molecule has 0 aliphatic carbocycles. The number of thioether (sulfide) groups is 1. The molecule has 5 rings (SSSR count). The van der Waals surface area contributed by atoms with Gasteiger partial charge in [0.1, 0.15) is 10.9 Å². The maximum Gasteiger partial charge on any atom is 0.311 e. The van der Waals surface area contributed by atoms with Gasteiger partial charge in [-0.2, -0.15) is 0 Å². The highest BCUT2D eigenvalue weighted by Gasteiger charge is 2.24. The maximum absolute atomic E-state index is 13.6. The molecule has 1 unspecified atom stereocenters. The number of nitrogens with one attached hydrogen (secondary N) is 3. The molecular formula is C37H31N5O7S2. The van der Waals surface area contributed by atoms with E-state index in [-0.39, 0.29) is 30.3 Å². The summed E-state index contributed by atoms with van der Waals surface area (Å²) < 4.78 is 4.98. The third-order valence-corrected chi connectivity index (χ3v) is 9.10. The Labute approximate surface area is 301 Å². The Hall–Kier alpha value is -6.12. The molecule has 12 nitrogen and oxygen atoms in total. The molecule has 14 heteroatoms. The van der Waals surface area contributed by atoms with Gasteiger partial charge in [-0.1, -0.05) is 54.6 Å². The third-order valence-electron chi connectivity index (χ3n) is 7.04. The molecule has 1 atom stereocenters. The number of amides is 3. The first-order valence-electron chi connectivity index (χ1n) is 15.5. The number of benzene rings is 4. The van der Waals surface area contributed by atoms with Crippen LogP contribution in [0.2, 0.25) is 0 Å². The first kappa shape index (κ1) is 36.2. The molecule has 1 heterocycles. The summed E-state index contributed by atoms with van der Waals surface area (Å²) in [7, 11) is 0. The Kier molecular flexibility index (Phi) is 12.4. The van der Waals surface area contributed by atoms with Crippen molar-refractivity contribution in [3.8, 4) is 0 Å². The lowest BCUT2D eigenvalue weighted by atomic mass is 10.1. The van der Waals surface area contributed by atoms with Crippen molar-refractivity contribution in [3.63, 3.8) is 0 Å². The SMILES string of the molecule is CCOC(=O)Cc1csc(NC(=O)C(Sc2cccc(NC(=O)/C(=C\c3ccc([N+](=O)[O-])cc3)NC(=O)c3ccccc3)c2)c2ccccc2)n1. The molecule has 51 heavy (non-hydrogen) atoms. The van der Waals surface area contributed by atoms with Gasteiger partial charge >= 0.3 is 5.97 Å². The van der Waals surface area contributed by atoms with Crippen LogP contribution in [0.15, 0.2) is 125 Å². The van der Waals surface area contributed by atoms with Gasteiger partial charge in [0, 0.05) is 33.7 Å². The van der Waals surface area contributed by atoms with Gasteiger partial charge in [0.15, 0.2) is 5.13 Å². The standard InChI is InChI=1S/C37H31N5O7S2/c1-2-49-32(43)22-28-23-50-37(39-28)41-36(46)33(25-10-5-3-6-11-25)51-30-15-9-14-27(21-30)38-35(45)31(40-34(44)26-12-7-4-8-13-26)20-24-16-18-29(19-17-24)42(47)48/h3-21,23,33H,2,22H2,1H3,(H,38,45)(H,40,44)(H,39,41,46)/b31-20+. The monoisotopic (exact) mass is 721 g/mol. The Bertz CT molecular complexity index is 2050. The number of nitro benzene ring substituents is 1. The summed E-state index contributed by atoms with van der Waals surface area (Å²) in [5.41, 5.74) is 2.18. The molecule has 1 aromatic heterocycles. The van der Waals surface area contributed by atoms with Gasteiger partial charge < -0.3 is 20.7 Å². The van der Waals surface area contributed by atoms with Gasteiger partial charge in [0.25, 0.3) is 17.5 Å². The molecule has 3 N–H and O–H groups in total. The number of hydrogen-bond donors (Lipinski definition) is 3. The molecule has 0 radical (unpaired) electrons. The predicted molar refractivity (Wildman–Crippen MR) is 196 cm³/mol. The second-order valence-electron chi connectivity index (χ2n) is 10.7. The number of esters is 1. The summed E-state index contributed by atoms with van der Waals surface area (Å²) in [4.78, 5) is 67.8. The largest absolute Gasteiger partial charge is 0.466 e. The molecule has 5 aromatic rings. The number of aromatic nitrogens is 1. The number of nitro groups is 1. The molecule has 0 spiro atoms. The lowest BCUT2D eigenvalue weighted by molar-refractivity contribution is -0.384. The predicted octanol–water partition coefficient (Wildman–Crippen LogP) is 7.04. The number of carbonyl (C=O) groups excluding carboxylic acids is 4. The van der Waals surface area contributed by atoms with E-state index >= 15 is 0 Å². The number of nitrogens with zero attached hydrogens (tertiary/aromatic N) is 2. The van der Waals surface area contributed by atoms with Crippen molar-refractivity contribution in [1.82, 2.24) is 10.3 Å². The van der Waals surface area contributed by atoms with Crippen molar-refractivity contribution < 1.29 is 28.8 Å². The zero-order valence-electron chi connectivity index (χ0n) is 27.1. The van der Waals surface area contributed by atoms with Crippen LogP contribution in [0.1, 0.15) is 39.4 Å². The lowest BCUT2D eigenvalue weighted by Crippen LogP contribution is -2.30. The highest BCUT2D eigenvalue weighted by Crippen LogP contribution is 2.37. The number of thiazole rings is 1. The first-order valence-corrected chi connectivity index (χ1v) is 17.3. The summed E-state index contributed by atoms with van der Waals surface area (Å²) in [6.07, 6.45) is 1.42. The van der Waals surface area contributed by atoms with Crippen molar-refractivity contribution in [2.24, 2.45) is 0 Å². The van der Waals surface area contributed by atoms with Crippen LogP contribution in [0.25, 0.3) is 6.08 Å². The summed E-state index contributed by atoms with van der Waals surface area (Å²) in [6, 6.07) is 30.0. The van der Waals surface area contributed by atoms with Crippen LogP contribution < -0.4 is 16.0 Å². The molecular weight excluding hydrogens is 691 g/mol. The van der Waals surface area contributed by atoms with E-state index in [2.05, 4.69) is 20.9 Å². The van der Waals surface area contributed by atoms with Crippen LogP contribution in [0.4, 0.5) is 16.5 Å². The number of hydrogen-bond acceptors (Lipinski definition) is 10. The average Bonchev–Trinajstić information content (AvgIpc) is 3.57. The maximum atomic E-state index is 13.6. The fraction of sp³-hybridized carbons (Fsp3) is 0.108. The molecule has 0 saturated heterocycles. The zero-order chi connectivity index (χ0) is 36.2. The van der Waals surface area contributed by atoms with Crippen LogP contribution in [0, 0.1) is 10.1 Å². The molecule has 0 saturated carbocycles. The highest BCUT2D eigenvalue weighted by atomic mass is 32.2. The zero-order valence-corrected chi connectivity index (χ0v) is 28.7. The van der Waals surface area contributed by atoms with E-state index in [9.17, 15) is 29.3 Å². The van der Waals surface area contributed by atoms with Gasteiger partial charge in [0.2, 0.25) is 5.91 Å². The van der Waals surface area contributed by atoms with E-state index in [1.165, 1.54) is 53.4 Å². The topological polar surface area (TPSA) is 170 Å². The van der Waals surface area contributed by atoms with E-state index in [0.29, 0.717) is 32.5 Å². The van der Waals surface area contributed by atoms with Crippen molar-refractivity contribution in [2.75, 3.05) is 17.2 Å². The highest BCUT2D eigenvalue weighted by molar-refractivity contribution is 8.00. The van der Waals surface area contributed by atoms with E-state index in [1.807, 2.05) is 30.3 Å². The molecule has 0 aliphatic heterocycles. The van der Waals surface area contributed by atoms with Crippen LogP contribution in [0.5, 0.6) is 0 Å². The van der Waals surface area contributed by atoms with Crippen LogP contribution in [0.3, 0.4) is 0 Å². The van der Waals surface area contributed by atoms with Gasteiger partial charge in [0.05, 0.1) is 23.6 Å². The minimum atomic E-state index is -0.711. The van der Waals surface area contributed by atoms with Crippen molar-refractivity contribution in [1.29, 1.82) is 0 Å². The Balaban J connectivity index is 1.35. The summed E-state index contributed by atoms with van der Waals surface area (Å²) >= 11 is 2.46. The van der Waals surface area contributed by atoms with Gasteiger partial charge in [-0.3, -0.25) is 29.3 Å². The summed E-state index contributed by atoms with van der Waals surface area (Å²) in [5.74, 6) is -1.90. The average molecular weight is 722 g/mol. The Morgan fingerprint density at radius 2 is 1.63 bits per heavy atom. The molecule has 0 aliphatic rings. The van der Waals surface area contributed by atoms with E-state index in [4.69, 9.17) is 4.74 Å². The minimum absolute atomic E-state index is 0.00367. The molecule has 3 amide bonds. The molecule has 0 fully saturated rings. The number of ether oxygens (including phenoxy) is 1. The lowest BCUT2D eigenvalue weighted by Gasteiger charge is -2.17. The number of rotatable bonds is 14. The van der Waals surface area contributed by atoms with Crippen LogP contribution in [-0.2, 0) is 25.5 Å². The van der Waals surface area contributed by atoms with Crippen LogP contribution in [-0.4, -0.2) is 40.2 Å². The number of anilines is 2. The van der Waals surface area contributed by atoms with Gasteiger partial charge in [-0.25, -0.2) is 4.98 Å². The quantitative estimate of drug-likeness (QED) is 0.0358. The molecule has 4 aromatic carbocycles. The van der Waals surface area contributed by atoms with E-state index in [1.54, 1.807) is 66.9 Å². The fourth-order valence-electron chi connectivity index (χ4n) is 4.66. The number of non-ortho nitro benzene ring substituents is 1. The second kappa shape index (κ2) is 17.5. The van der Waals surface area contributed by atoms with Crippen molar-refractivity contribution in [3.05, 3.63) is 153 Å².